The lowest BCUT2D eigenvalue weighted by atomic mass is 9.98. The van der Waals surface area contributed by atoms with Gasteiger partial charge in [-0.1, -0.05) is 20.8 Å². The Bertz CT molecular complexity index is 696. The number of benzene rings is 1. The molecule has 0 spiro atoms. The molecule has 142 valence electrons. The van der Waals surface area contributed by atoms with Gasteiger partial charge in [0.1, 0.15) is 11.7 Å². The topological polar surface area (TPSA) is 113 Å². The van der Waals surface area contributed by atoms with Crippen LogP contribution in [0, 0.1) is 22.0 Å². The Kier molecular flexibility index (Phi) is 6.18. The summed E-state index contributed by atoms with van der Waals surface area (Å²) in [4.78, 5) is 36.6. The predicted molar refractivity (Wildman–Crippen MR) is 97.4 cm³/mol. The molecule has 8 nitrogen and oxygen atoms in total. The standard InChI is InChI=1S/C18H25N3O5/c1-11(2)16(18(23)24)19-17(22)13-4-5-14(15(10-13)21(25)26)20-8-6-12(3)7-9-20/h4-5,10-12,16H,6-9H2,1-3H3,(H,19,22)(H,23,24)/t16-/m0/s1. The fourth-order valence-corrected chi connectivity index (χ4v) is 3.07. The van der Waals surface area contributed by atoms with Crippen LogP contribution in [0.3, 0.4) is 0 Å². The number of aliphatic carboxylic acids is 1. The molecule has 1 atom stereocenters. The summed E-state index contributed by atoms with van der Waals surface area (Å²) in [5.41, 5.74) is 0.443. The number of nitro benzene ring substituents is 1. The second kappa shape index (κ2) is 8.16. The van der Waals surface area contributed by atoms with Crippen molar-refractivity contribution in [2.45, 2.75) is 39.7 Å². The summed E-state index contributed by atoms with van der Waals surface area (Å²) in [5.74, 6) is -1.48. The van der Waals surface area contributed by atoms with Gasteiger partial charge in [-0.25, -0.2) is 4.79 Å². The molecule has 0 aromatic heterocycles. The number of hydrogen-bond donors (Lipinski definition) is 2. The van der Waals surface area contributed by atoms with E-state index in [2.05, 4.69) is 12.2 Å². The molecule has 0 aliphatic carbocycles. The van der Waals surface area contributed by atoms with Crippen LogP contribution in [0.25, 0.3) is 0 Å². The van der Waals surface area contributed by atoms with E-state index in [1.165, 1.54) is 12.1 Å². The van der Waals surface area contributed by atoms with Crippen LogP contribution < -0.4 is 10.2 Å². The number of nitro groups is 1. The number of carbonyl (C=O) groups excluding carboxylic acids is 1. The molecule has 1 aliphatic heterocycles. The molecular weight excluding hydrogens is 338 g/mol. The minimum atomic E-state index is -1.14. The first-order chi connectivity index (χ1) is 12.2. The molecule has 1 fully saturated rings. The number of hydrogen-bond acceptors (Lipinski definition) is 5. The maximum Gasteiger partial charge on any atom is 0.326 e. The van der Waals surface area contributed by atoms with Gasteiger partial charge in [0, 0.05) is 24.7 Å². The molecule has 1 aliphatic rings. The molecule has 0 radical (unpaired) electrons. The van der Waals surface area contributed by atoms with Crippen LogP contribution in [0.2, 0.25) is 0 Å². The van der Waals surface area contributed by atoms with E-state index in [1.807, 2.05) is 4.90 Å². The maximum atomic E-state index is 12.4. The number of carbonyl (C=O) groups is 2. The van der Waals surface area contributed by atoms with Gasteiger partial charge >= 0.3 is 5.97 Å². The summed E-state index contributed by atoms with van der Waals surface area (Å²) in [6.07, 6.45) is 1.93. The van der Waals surface area contributed by atoms with E-state index in [9.17, 15) is 24.8 Å². The van der Waals surface area contributed by atoms with Crippen LogP contribution in [-0.4, -0.2) is 41.0 Å². The Balaban J connectivity index is 2.26. The smallest absolute Gasteiger partial charge is 0.326 e. The lowest BCUT2D eigenvalue weighted by Crippen LogP contribution is -2.44. The fourth-order valence-electron chi connectivity index (χ4n) is 3.07. The molecule has 1 aromatic rings. The second-order valence-corrected chi connectivity index (χ2v) is 7.16. The molecule has 2 N–H and O–H groups in total. The van der Waals surface area contributed by atoms with E-state index in [0.717, 1.165) is 25.9 Å². The van der Waals surface area contributed by atoms with Crippen LogP contribution in [0.15, 0.2) is 18.2 Å². The van der Waals surface area contributed by atoms with Crippen molar-refractivity contribution in [1.82, 2.24) is 5.32 Å². The number of nitrogens with zero attached hydrogens (tertiary/aromatic N) is 2. The summed E-state index contributed by atoms with van der Waals surface area (Å²) in [5, 5.41) is 23.1. The summed E-state index contributed by atoms with van der Waals surface area (Å²) in [6.45, 7) is 7.00. The van der Waals surface area contributed by atoms with E-state index in [0.29, 0.717) is 11.6 Å². The highest BCUT2D eigenvalue weighted by atomic mass is 16.6. The molecular formula is C18H25N3O5. The van der Waals surface area contributed by atoms with Crippen molar-refractivity contribution in [2.75, 3.05) is 18.0 Å². The maximum absolute atomic E-state index is 12.4. The van der Waals surface area contributed by atoms with Crippen molar-refractivity contribution in [2.24, 2.45) is 11.8 Å². The largest absolute Gasteiger partial charge is 0.480 e. The summed E-state index contributed by atoms with van der Waals surface area (Å²) in [7, 11) is 0. The molecule has 1 amide bonds. The molecule has 0 saturated carbocycles. The van der Waals surface area contributed by atoms with Gasteiger partial charge in [0.05, 0.1) is 4.92 Å². The molecule has 0 bridgehead atoms. The monoisotopic (exact) mass is 363 g/mol. The SMILES string of the molecule is CC1CCN(c2ccc(C(=O)N[C@H](C(=O)O)C(C)C)cc2[N+](=O)[O-])CC1. The van der Waals surface area contributed by atoms with Crippen LogP contribution in [0.4, 0.5) is 11.4 Å². The van der Waals surface area contributed by atoms with Crippen molar-refractivity contribution in [3.05, 3.63) is 33.9 Å². The van der Waals surface area contributed by atoms with Crippen molar-refractivity contribution in [1.29, 1.82) is 0 Å². The van der Waals surface area contributed by atoms with Gasteiger partial charge in [0.15, 0.2) is 0 Å². The lowest BCUT2D eigenvalue weighted by molar-refractivity contribution is -0.384. The first-order valence-corrected chi connectivity index (χ1v) is 8.77. The number of nitrogens with one attached hydrogen (secondary N) is 1. The number of piperidine rings is 1. The van der Waals surface area contributed by atoms with Crippen molar-refractivity contribution >= 4 is 23.3 Å². The van der Waals surface area contributed by atoms with E-state index in [-0.39, 0.29) is 17.2 Å². The van der Waals surface area contributed by atoms with Gasteiger partial charge in [0.2, 0.25) is 0 Å². The van der Waals surface area contributed by atoms with Crippen molar-refractivity contribution in [3.63, 3.8) is 0 Å². The van der Waals surface area contributed by atoms with Crippen molar-refractivity contribution < 1.29 is 19.6 Å². The van der Waals surface area contributed by atoms with E-state index in [4.69, 9.17) is 0 Å². The fraction of sp³-hybridized carbons (Fsp3) is 0.556. The first kappa shape index (κ1) is 19.7. The average Bonchev–Trinajstić information content (AvgIpc) is 2.59. The van der Waals surface area contributed by atoms with Crippen LogP contribution in [0.5, 0.6) is 0 Å². The van der Waals surface area contributed by atoms with Crippen molar-refractivity contribution in [3.8, 4) is 0 Å². The van der Waals surface area contributed by atoms with E-state index >= 15 is 0 Å². The number of carboxylic acids is 1. The molecule has 1 saturated heterocycles. The molecule has 26 heavy (non-hydrogen) atoms. The van der Waals surface area contributed by atoms with Gasteiger partial charge in [-0.3, -0.25) is 14.9 Å². The highest BCUT2D eigenvalue weighted by Gasteiger charge is 2.27. The normalized spacial score (nSPS) is 16.4. The number of carboxylic acid groups (broad SMARTS) is 1. The van der Waals surface area contributed by atoms with Crippen LogP contribution >= 0.6 is 0 Å². The molecule has 2 rings (SSSR count). The number of anilines is 1. The zero-order valence-corrected chi connectivity index (χ0v) is 15.3. The molecule has 1 heterocycles. The molecule has 1 aromatic carbocycles. The summed E-state index contributed by atoms with van der Waals surface area (Å²) < 4.78 is 0. The van der Waals surface area contributed by atoms with Crippen LogP contribution in [0.1, 0.15) is 44.0 Å². The highest BCUT2D eigenvalue weighted by molar-refractivity contribution is 5.98. The highest BCUT2D eigenvalue weighted by Crippen LogP contribution is 2.32. The third-order valence-corrected chi connectivity index (χ3v) is 4.78. The van der Waals surface area contributed by atoms with Crippen LogP contribution in [-0.2, 0) is 4.79 Å². The Morgan fingerprint density at radius 1 is 1.31 bits per heavy atom. The first-order valence-electron chi connectivity index (χ1n) is 8.77. The third-order valence-electron chi connectivity index (χ3n) is 4.78. The second-order valence-electron chi connectivity index (χ2n) is 7.16. The predicted octanol–water partition coefficient (Wildman–Crippen LogP) is 2.67. The van der Waals surface area contributed by atoms with Gasteiger partial charge < -0.3 is 15.3 Å². The number of rotatable bonds is 6. The minimum absolute atomic E-state index is 0.0812. The van der Waals surface area contributed by atoms with E-state index < -0.39 is 22.8 Å². The Morgan fingerprint density at radius 3 is 2.42 bits per heavy atom. The van der Waals surface area contributed by atoms with Gasteiger partial charge in [0.25, 0.3) is 11.6 Å². The third kappa shape index (κ3) is 4.50. The Morgan fingerprint density at radius 2 is 1.92 bits per heavy atom. The molecule has 0 unspecified atom stereocenters. The Hall–Kier alpha value is -2.64. The van der Waals surface area contributed by atoms with Gasteiger partial charge in [-0.05, 0) is 36.8 Å². The number of amides is 1. The summed E-state index contributed by atoms with van der Waals surface area (Å²) >= 11 is 0. The zero-order chi connectivity index (χ0) is 19.4. The van der Waals surface area contributed by atoms with E-state index in [1.54, 1.807) is 19.9 Å². The zero-order valence-electron chi connectivity index (χ0n) is 15.3. The molecule has 8 heteroatoms. The van der Waals surface area contributed by atoms with Gasteiger partial charge in [-0.15, -0.1) is 0 Å². The lowest BCUT2D eigenvalue weighted by Gasteiger charge is -2.31. The minimum Gasteiger partial charge on any atom is -0.480 e. The quantitative estimate of drug-likeness (QED) is 0.593. The Labute approximate surface area is 152 Å². The van der Waals surface area contributed by atoms with Gasteiger partial charge in [-0.2, -0.15) is 0 Å². The summed E-state index contributed by atoms with van der Waals surface area (Å²) in [6, 6.07) is 3.26. The average molecular weight is 363 g/mol.